The number of para-hydroxylation sites is 1. The van der Waals surface area contributed by atoms with Crippen LogP contribution in [0.4, 0.5) is 10.5 Å². The maximum atomic E-state index is 13.2. The number of amides is 2. The molecule has 0 saturated carbocycles. The molecule has 1 heterocycles. The van der Waals surface area contributed by atoms with Gasteiger partial charge in [0.1, 0.15) is 0 Å². The highest BCUT2D eigenvalue weighted by atomic mass is 79.9. The van der Waals surface area contributed by atoms with E-state index in [0.717, 1.165) is 22.4 Å². The van der Waals surface area contributed by atoms with Gasteiger partial charge >= 0.3 is 6.03 Å². The van der Waals surface area contributed by atoms with Crippen LogP contribution in [-0.4, -0.2) is 21.5 Å². The predicted molar refractivity (Wildman–Crippen MR) is 128 cm³/mol. The molecule has 1 N–H and O–H groups in total. The summed E-state index contributed by atoms with van der Waals surface area (Å²) in [5.41, 5.74) is 4.41. The van der Waals surface area contributed by atoms with Crippen LogP contribution in [0.25, 0.3) is 0 Å². The highest BCUT2D eigenvalue weighted by Crippen LogP contribution is 2.23. The molecule has 30 heavy (non-hydrogen) atoms. The highest BCUT2D eigenvalue weighted by molar-refractivity contribution is 9.10. The molecule has 2 aromatic carbocycles. The second-order valence-corrected chi connectivity index (χ2v) is 8.99. The topological polar surface area (TPSA) is 37.3 Å². The minimum Gasteiger partial charge on any atom is -0.345 e. The predicted octanol–water partition coefficient (Wildman–Crippen LogP) is 6.69. The summed E-state index contributed by atoms with van der Waals surface area (Å²) in [5, 5.41) is 3.07. The number of anilines is 1. The SMILES string of the molecule is Cc1cccc(Cn2cccc2CN(C(=O)Nc2ccccc2Br)C(C)C(C)C)c1. The number of hydrogen-bond donors (Lipinski definition) is 1. The lowest BCUT2D eigenvalue weighted by Crippen LogP contribution is -2.43. The Bertz CT molecular complexity index is 995. The third kappa shape index (κ3) is 5.54. The minimum absolute atomic E-state index is 0.0913. The standard InChI is InChI=1S/C25H30BrN3O/c1-18(2)20(4)29(25(30)27-24-13-6-5-12-23(24)26)17-22-11-8-14-28(22)16-21-10-7-9-19(3)15-21/h5-15,18,20H,16-17H2,1-4H3,(H,27,30). The third-order valence-electron chi connectivity index (χ3n) is 5.52. The zero-order valence-electron chi connectivity index (χ0n) is 18.1. The summed E-state index contributed by atoms with van der Waals surface area (Å²) in [6.07, 6.45) is 2.08. The van der Waals surface area contributed by atoms with Crippen LogP contribution in [0.1, 0.15) is 37.6 Å². The molecule has 0 radical (unpaired) electrons. The van der Waals surface area contributed by atoms with E-state index in [4.69, 9.17) is 0 Å². The Kier molecular flexibility index (Phi) is 7.38. The van der Waals surface area contributed by atoms with Crippen molar-refractivity contribution in [1.82, 2.24) is 9.47 Å². The largest absolute Gasteiger partial charge is 0.345 e. The summed E-state index contributed by atoms with van der Waals surface area (Å²) in [7, 11) is 0. The van der Waals surface area contributed by atoms with E-state index in [1.54, 1.807) is 0 Å². The van der Waals surface area contributed by atoms with E-state index in [9.17, 15) is 4.79 Å². The van der Waals surface area contributed by atoms with Crippen molar-refractivity contribution in [2.45, 2.75) is 46.8 Å². The first kappa shape index (κ1) is 22.2. The first-order chi connectivity index (χ1) is 14.3. The first-order valence-corrected chi connectivity index (χ1v) is 11.2. The highest BCUT2D eigenvalue weighted by Gasteiger charge is 2.24. The fraction of sp³-hybridized carbons (Fsp3) is 0.320. The monoisotopic (exact) mass is 467 g/mol. The number of rotatable bonds is 7. The molecule has 0 spiro atoms. The Morgan fingerprint density at radius 2 is 1.83 bits per heavy atom. The van der Waals surface area contributed by atoms with Gasteiger partial charge < -0.3 is 14.8 Å². The number of aryl methyl sites for hydroxylation is 1. The Hall–Kier alpha value is -2.53. The lowest BCUT2D eigenvalue weighted by molar-refractivity contribution is 0.168. The zero-order chi connectivity index (χ0) is 21.7. The zero-order valence-corrected chi connectivity index (χ0v) is 19.7. The number of aromatic nitrogens is 1. The maximum Gasteiger partial charge on any atom is 0.322 e. The molecule has 158 valence electrons. The van der Waals surface area contributed by atoms with Crippen LogP contribution < -0.4 is 5.32 Å². The summed E-state index contributed by atoms with van der Waals surface area (Å²) in [6, 6.07) is 20.4. The van der Waals surface area contributed by atoms with E-state index in [2.05, 4.69) is 96.1 Å². The molecule has 0 bridgehead atoms. The molecule has 0 aliphatic rings. The molecule has 0 aliphatic heterocycles. The molecule has 1 aromatic heterocycles. The normalized spacial score (nSPS) is 12.1. The summed E-state index contributed by atoms with van der Waals surface area (Å²) in [6.45, 7) is 9.86. The van der Waals surface area contributed by atoms with Crippen LogP contribution in [0.15, 0.2) is 71.3 Å². The summed E-state index contributed by atoms with van der Waals surface area (Å²) >= 11 is 3.52. The van der Waals surface area contributed by atoms with E-state index < -0.39 is 0 Å². The van der Waals surface area contributed by atoms with Gasteiger partial charge in [-0.05, 0) is 65.5 Å². The van der Waals surface area contributed by atoms with E-state index in [1.165, 1.54) is 11.1 Å². The first-order valence-electron chi connectivity index (χ1n) is 10.4. The van der Waals surface area contributed by atoms with Crippen LogP contribution >= 0.6 is 15.9 Å². The number of hydrogen-bond acceptors (Lipinski definition) is 1. The Labute approximate surface area is 188 Å². The smallest absolute Gasteiger partial charge is 0.322 e. The van der Waals surface area contributed by atoms with Gasteiger partial charge in [0.2, 0.25) is 0 Å². The third-order valence-corrected chi connectivity index (χ3v) is 6.22. The van der Waals surface area contributed by atoms with Gasteiger partial charge in [-0.1, -0.05) is 55.8 Å². The van der Waals surface area contributed by atoms with Crippen molar-refractivity contribution in [3.63, 3.8) is 0 Å². The molecular weight excluding hydrogens is 438 g/mol. The molecule has 2 amide bonds. The quantitative estimate of drug-likeness (QED) is 0.412. The van der Waals surface area contributed by atoms with Crippen molar-refractivity contribution in [2.24, 2.45) is 5.92 Å². The molecular formula is C25H30BrN3O. The fourth-order valence-electron chi connectivity index (χ4n) is 3.44. The average Bonchev–Trinajstić information content (AvgIpc) is 3.14. The van der Waals surface area contributed by atoms with E-state index in [0.29, 0.717) is 12.5 Å². The van der Waals surface area contributed by atoms with E-state index >= 15 is 0 Å². The molecule has 0 saturated heterocycles. The van der Waals surface area contributed by atoms with Gasteiger partial charge in [-0.25, -0.2) is 4.79 Å². The minimum atomic E-state index is -0.0913. The van der Waals surface area contributed by atoms with Gasteiger partial charge in [0.15, 0.2) is 0 Å². The van der Waals surface area contributed by atoms with Crippen LogP contribution in [0.2, 0.25) is 0 Å². The number of nitrogens with zero attached hydrogens (tertiary/aromatic N) is 2. The van der Waals surface area contributed by atoms with Crippen molar-refractivity contribution < 1.29 is 4.79 Å². The van der Waals surface area contributed by atoms with Crippen molar-refractivity contribution in [3.05, 3.63) is 88.2 Å². The number of carbonyl (C=O) groups is 1. The van der Waals surface area contributed by atoms with E-state index in [1.807, 2.05) is 29.2 Å². The van der Waals surface area contributed by atoms with Crippen molar-refractivity contribution in [2.75, 3.05) is 5.32 Å². The Morgan fingerprint density at radius 1 is 1.07 bits per heavy atom. The van der Waals surface area contributed by atoms with Crippen LogP contribution in [0.5, 0.6) is 0 Å². The van der Waals surface area contributed by atoms with Crippen LogP contribution in [0, 0.1) is 12.8 Å². The van der Waals surface area contributed by atoms with Crippen LogP contribution in [-0.2, 0) is 13.1 Å². The number of carbonyl (C=O) groups excluding carboxylic acids is 1. The van der Waals surface area contributed by atoms with Gasteiger partial charge in [0, 0.05) is 29.0 Å². The maximum absolute atomic E-state index is 13.2. The summed E-state index contributed by atoms with van der Waals surface area (Å²) < 4.78 is 3.10. The molecule has 4 nitrogen and oxygen atoms in total. The lowest BCUT2D eigenvalue weighted by Gasteiger charge is -2.32. The molecule has 5 heteroatoms. The van der Waals surface area contributed by atoms with Crippen molar-refractivity contribution in [1.29, 1.82) is 0 Å². The molecule has 0 aliphatic carbocycles. The molecule has 3 aromatic rings. The van der Waals surface area contributed by atoms with E-state index in [-0.39, 0.29) is 12.1 Å². The number of nitrogens with one attached hydrogen (secondary N) is 1. The molecule has 3 rings (SSSR count). The fourth-order valence-corrected chi connectivity index (χ4v) is 3.82. The summed E-state index contributed by atoms with van der Waals surface area (Å²) in [4.78, 5) is 15.2. The second kappa shape index (κ2) is 9.98. The van der Waals surface area contributed by atoms with Crippen molar-refractivity contribution >= 4 is 27.6 Å². The average molecular weight is 468 g/mol. The van der Waals surface area contributed by atoms with Gasteiger partial charge in [-0.2, -0.15) is 0 Å². The van der Waals surface area contributed by atoms with Crippen molar-refractivity contribution in [3.8, 4) is 0 Å². The second-order valence-electron chi connectivity index (χ2n) is 8.14. The van der Waals surface area contributed by atoms with Gasteiger partial charge in [-0.15, -0.1) is 0 Å². The Balaban J connectivity index is 1.81. The lowest BCUT2D eigenvalue weighted by atomic mass is 10.0. The van der Waals surface area contributed by atoms with Gasteiger partial charge in [0.25, 0.3) is 0 Å². The van der Waals surface area contributed by atoms with Gasteiger partial charge in [0.05, 0.1) is 12.2 Å². The number of halogens is 1. The Morgan fingerprint density at radius 3 is 2.53 bits per heavy atom. The number of benzene rings is 2. The van der Waals surface area contributed by atoms with Crippen LogP contribution in [0.3, 0.4) is 0 Å². The summed E-state index contributed by atoms with van der Waals surface area (Å²) in [5.74, 6) is 0.343. The van der Waals surface area contributed by atoms with Gasteiger partial charge in [-0.3, -0.25) is 0 Å². The molecule has 0 fully saturated rings. The number of urea groups is 1. The molecule has 1 unspecified atom stereocenters. The molecule has 1 atom stereocenters.